The zero-order valence-corrected chi connectivity index (χ0v) is 14.0. The number of fused-ring (bicyclic) bond motifs is 1. The van der Waals surface area contributed by atoms with Crippen molar-refractivity contribution in [3.8, 4) is 0 Å². The van der Waals surface area contributed by atoms with Gasteiger partial charge in [0.15, 0.2) is 0 Å². The van der Waals surface area contributed by atoms with Crippen LogP contribution in [0.3, 0.4) is 0 Å². The lowest BCUT2D eigenvalue weighted by Crippen LogP contribution is -1.90. The smallest absolute Gasteiger partial charge is 0.0762 e. The molecule has 0 aliphatic rings. The van der Waals surface area contributed by atoms with E-state index in [1.54, 1.807) is 18.7 Å². The van der Waals surface area contributed by atoms with Crippen LogP contribution in [0.5, 0.6) is 0 Å². The van der Waals surface area contributed by atoms with Crippen LogP contribution >= 0.6 is 27.7 Å². The van der Waals surface area contributed by atoms with Crippen LogP contribution in [0.15, 0.2) is 74.9 Å². The maximum Gasteiger partial charge on any atom is 0.0762 e. The van der Waals surface area contributed by atoms with Crippen LogP contribution < -0.4 is 0 Å². The van der Waals surface area contributed by atoms with Gasteiger partial charge in [0.05, 0.1) is 6.10 Å². The Morgan fingerprint density at radius 3 is 2.43 bits per heavy atom. The van der Waals surface area contributed by atoms with Gasteiger partial charge in [0, 0.05) is 14.3 Å². The molecule has 0 radical (unpaired) electrons. The highest BCUT2D eigenvalue weighted by Crippen LogP contribution is 2.36. The van der Waals surface area contributed by atoms with Gasteiger partial charge in [-0.1, -0.05) is 48.2 Å². The van der Waals surface area contributed by atoms with Crippen molar-refractivity contribution in [3.05, 3.63) is 70.7 Å². The van der Waals surface area contributed by atoms with Gasteiger partial charge in [-0.05, 0) is 63.5 Å². The first-order chi connectivity index (χ1) is 10.1. The third-order valence-corrected chi connectivity index (χ3v) is 5.37. The number of hydrogen-bond acceptors (Lipinski definition) is 2. The summed E-state index contributed by atoms with van der Waals surface area (Å²) in [5, 5.41) is 12.1. The quantitative estimate of drug-likeness (QED) is 0.637. The number of rotatable bonds is 3. The van der Waals surface area contributed by atoms with Gasteiger partial charge in [-0.2, -0.15) is 0 Å². The lowest BCUT2D eigenvalue weighted by molar-refractivity contribution is 0.199. The molecule has 0 unspecified atom stereocenters. The second-order valence-corrected chi connectivity index (χ2v) is 6.95. The normalized spacial score (nSPS) is 12.5. The molecule has 0 fully saturated rings. The molecule has 3 aromatic carbocycles. The summed E-state index contributed by atoms with van der Waals surface area (Å²) in [5.74, 6) is 0. The summed E-state index contributed by atoms with van der Waals surface area (Å²) in [5.41, 5.74) is 0.921. The fraction of sp³-hybridized carbons (Fsp3) is 0.111. The molecule has 0 aromatic heterocycles. The molecule has 0 aliphatic heterocycles. The molecule has 1 N–H and O–H groups in total. The molecule has 0 saturated carbocycles. The van der Waals surface area contributed by atoms with Gasteiger partial charge < -0.3 is 5.11 Å². The molecule has 0 saturated heterocycles. The third-order valence-electron chi connectivity index (χ3n) is 3.39. The van der Waals surface area contributed by atoms with Gasteiger partial charge in [0.25, 0.3) is 0 Å². The molecule has 0 spiro atoms. The summed E-state index contributed by atoms with van der Waals surface area (Å²) in [6, 6.07) is 20.9. The van der Waals surface area contributed by atoms with Gasteiger partial charge in [-0.15, -0.1) is 0 Å². The fourth-order valence-electron chi connectivity index (χ4n) is 2.22. The van der Waals surface area contributed by atoms with E-state index in [1.165, 1.54) is 15.7 Å². The van der Waals surface area contributed by atoms with Crippen LogP contribution in [-0.2, 0) is 0 Å². The lowest BCUT2D eigenvalue weighted by atomic mass is 10.1. The third kappa shape index (κ3) is 3.31. The summed E-state index contributed by atoms with van der Waals surface area (Å²) < 4.78 is 1.01. The summed E-state index contributed by atoms with van der Waals surface area (Å²) >= 11 is 5.31. The fourth-order valence-corrected chi connectivity index (χ4v) is 3.73. The van der Waals surface area contributed by atoms with Gasteiger partial charge >= 0.3 is 0 Å². The van der Waals surface area contributed by atoms with Crippen LogP contribution in [0.2, 0.25) is 0 Å². The molecular weight excluding hydrogens is 344 g/mol. The standard InChI is InChI=1S/C18H15BrOS/c1-12(20)14-7-9-18(17(19)11-14)21-16-8-6-13-4-2-3-5-15(13)10-16/h2-12,20H,1H3/t12-/m0/s1. The monoisotopic (exact) mass is 358 g/mol. The Bertz CT molecular complexity index is 783. The minimum atomic E-state index is -0.444. The topological polar surface area (TPSA) is 20.2 Å². The lowest BCUT2D eigenvalue weighted by Gasteiger charge is -2.09. The first kappa shape index (κ1) is 14.6. The molecule has 3 rings (SSSR count). The van der Waals surface area contributed by atoms with E-state index in [4.69, 9.17) is 0 Å². The molecule has 0 bridgehead atoms. The summed E-state index contributed by atoms with van der Waals surface area (Å²) in [6.07, 6.45) is -0.444. The van der Waals surface area contributed by atoms with Crippen LogP contribution in [0, 0.1) is 0 Å². The van der Waals surface area contributed by atoms with Crippen molar-refractivity contribution in [3.63, 3.8) is 0 Å². The molecule has 0 heterocycles. The van der Waals surface area contributed by atoms with E-state index in [9.17, 15) is 5.11 Å². The highest BCUT2D eigenvalue weighted by atomic mass is 79.9. The van der Waals surface area contributed by atoms with Crippen molar-refractivity contribution in [1.82, 2.24) is 0 Å². The van der Waals surface area contributed by atoms with Crippen LogP contribution in [0.4, 0.5) is 0 Å². The largest absolute Gasteiger partial charge is 0.389 e. The van der Waals surface area contributed by atoms with Crippen molar-refractivity contribution in [2.45, 2.75) is 22.8 Å². The molecule has 0 amide bonds. The van der Waals surface area contributed by atoms with Crippen LogP contribution in [-0.4, -0.2) is 5.11 Å². The highest BCUT2D eigenvalue weighted by molar-refractivity contribution is 9.10. The van der Waals surface area contributed by atoms with E-state index in [2.05, 4.69) is 58.4 Å². The molecule has 1 atom stereocenters. The van der Waals surface area contributed by atoms with E-state index in [0.717, 1.165) is 14.9 Å². The van der Waals surface area contributed by atoms with Crippen molar-refractivity contribution < 1.29 is 5.11 Å². The minimum Gasteiger partial charge on any atom is -0.389 e. The summed E-state index contributed by atoms with van der Waals surface area (Å²) in [6.45, 7) is 1.78. The van der Waals surface area contributed by atoms with Crippen LogP contribution in [0.1, 0.15) is 18.6 Å². The highest BCUT2D eigenvalue weighted by Gasteiger charge is 2.07. The second kappa shape index (κ2) is 6.22. The van der Waals surface area contributed by atoms with Gasteiger partial charge in [-0.3, -0.25) is 0 Å². The van der Waals surface area contributed by atoms with E-state index < -0.39 is 6.10 Å². The average Bonchev–Trinajstić information content (AvgIpc) is 2.49. The molecule has 3 aromatic rings. The molecule has 106 valence electrons. The number of hydrogen-bond donors (Lipinski definition) is 1. The predicted molar refractivity (Wildman–Crippen MR) is 92.8 cm³/mol. The zero-order valence-electron chi connectivity index (χ0n) is 11.6. The zero-order chi connectivity index (χ0) is 14.8. The average molecular weight is 359 g/mol. The Hall–Kier alpha value is -1.29. The van der Waals surface area contributed by atoms with Crippen molar-refractivity contribution >= 4 is 38.5 Å². The van der Waals surface area contributed by atoms with Gasteiger partial charge in [-0.25, -0.2) is 0 Å². The Morgan fingerprint density at radius 2 is 1.71 bits per heavy atom. The molecule has 21 heavy (non-hydrogen) atoms. The van der Waals surface area contributed by atoms with E-state index >= 15 is 0 Å². The first-order valence-electron chi connectivity index (χ1n) is 6.77. The van der Waals surface area contributed by atoms with E-state index in [0.29, 0.717) is 0 Å². The molecule has 3 heteroatoms. The molecular formula is C18H15BrOS. The van der Waals surface area contributed by atoms with Crippen molar-refractivity contribution in [2.75, 3.05) is 0 Å². The Kier molecular flexibility index (Phi) is 4.34. The number of aliphatic hydroxyl groups excluding tert-OH is 1. The van der Waals surface area contributed by atoms with Gasteiger partial charge in [0.1, 0.15) is 0 Å². The number of benzene rings is 3. The summed E-state index contributed by atoms with van der Waals surface area (Å²) in [7, 11) is 0. The first-order valence-corrected chi connectivity index (χ1v) is 8.38. The van der Waals surface area contributed by atoms with Crippen molar-refractivity contribution in [1.29, 1.82) is 0 Å². The Morgan fingerprint density at radius 1 is 0.952 bits per heavy atom. The van der Waals surface area contributed by atoms with Gasteiger partial charge in [0.2, 0.25) is 0 Å². The maximum atomic E-state index is 9.62. The van der Waals surface area contributed by atoms with Crippen molar-refractivity contribution in [2.24, 2.45) is 0 Å². The molecule has 1 nitrogen and oxygen atoms in total. The van der Waals surface area contributed by atoms with E-state index in [1.807, 2.05) is 18.2 Å². The molecule has 0 aliphatic carbocycles. The SMILES string of the molecule is C[C@H](O)c1ccc(Sc2ccc3ccccc3c2)c(Br)c1. The number of aliphatic hydroxyl groups is 1. The van der Waals surface area contributed by atoms with E-state index in [-0.39, 0.29) is 0 Å². The Balaban J connectivity index is 1.91. The second-order valence-electron chi connectivity index (χ2n) is 4.98. The summed E-state index contributed by atoms with van der Waals surface area (Å²) in [4.78, 5) is 2.36. The predicted octanol–water partition coefficient (Wildman–Crippen LogP) is 5.81. The Labute approximate surface area is 137 Å². The minimum absolute atomic E-state index is 0.444. The van der Waals surface area contributed by atoms with Crippen LogP contribution in [0.25, 0.3) is 10.8 Å². The number of halogens is 1. The maximum absolute atomic E-state index is 9.62.